The number of carbonyl (C=O) groups excluding carboxylic acids is 1. The van der Waals surface area contributed by atoms with Gasteiger partial charge in [-0.1, -0.05) is 41.9 Å². The highest BCUT2D eigenvalue weighted by Crippen LogP contribution is 2.32. The number of ether oxygens (including phenoxy) is 1. The van der Waals surface area contributed by atoms with Gasteiger partial charge < -0.3 is 20.7 Å². The Bertz CT molecular complexity index is 769. The van der Waals surface area contributed by atoms with Crippen molar-refractivity contribution < 1.29 is 9.53 Å². The molecule has 2 aromatic carbocycles. The molecule has 1 heterocycles. The van der Waals surface area contributed by atoms with Crippen LogP contribution in [-0.2, 0) is 4.79 Å². The summed E-state index contributed by atoms with van der Waals surface area (Å²) in [5.74, 6) is 1.39. The highest BCUT2D eigenvalue weighted by molar-refractivity contribution is 6.31. The zero-order chi connectivity index (χ0) is 19.2. The molecule has 0 unspecified atom stereocenters. The minimum Gasteiger partial charge on any atom is -0.495 e. The van der Waals surface area contributed by atoms with E-state index in [2.05, 4.69) is 34.5 Å². The van der Waals surface area contributed by atoms with Gasteiger partial charge in [-0.2, -0.15) is 0 Å². The third kappa shape index (κ3) is 5.01. The lowest BCUT2D eigenvalue weighted by atomic mass is 9.89. The number of nitrogens with one attached hydrogen (secondary N) is 1. The summed E-state index contributed by atoms with van der Waals surface area (Å²) < 4.78 is 5.27. The summed E-state index contributed by atoms with van der Waals surface area (Å²) in [4.78, 5) is 14.7. The van der Waals surface area contributed by atoms with Crippen LogP contribution in [0.25, 0.3) is 0 Å². The first-order chi connectivity index (χ1) is 13.1. The van der Waals surface area contributed by atoms with Gasteiger partial charge in [0.2, 0.25) is 5.91 Å². The van der Waals surface area contributed by atoms with Gasteiger partial charge >= 0.3 is 0 Å². The molecule has 0 bridgehead atoms. The Labute approximate surface area is 165 Å². The quantitative estimate of drug-likeness (QED) is 0.764. The fraction of sp³-hybridized carbons (Fsp3) is 0.381. The van der Waals surface area contributed by atoms with Crippen molar-refractivity contribution >= 4 is 23.2 Å². The van der Waals surface area contributed by atoms with Crippen molar-refractivity contribution in [3.05, 3.63) is 59.1 Å². The largest absolute Gasteiger partial charge is 0.495 e. The molecular weight excluding hydrogens is 362 g/mol. The molecule has 0 spiro atoms. The molecule has 2 aromatic rings. The topological polar surface area (TPSA) is 67.6 Å². The molecule has 2 atom stereocenters. The maximum Gasteiger partial charge on any atom is 0.225 e. The summed E-state index contributed by atoms with van der Waals surface area (Å²) in [5, 5.41) is 3.45. The number of nitrogens with two attached hydrogens (primary N) is 1. The van der Waals surface area contributed by atoms with Crippen LogP contribution < -0.4 is 15.8 Å². The van der Waals surface area contributed by atoms with Gasteiger partial charge in [-0.3, -0.25) is 4.79 Å². The van der Waals surface area contributed by atoms with Crippen molar-refractivity contribution in [3.63, 3.8) is 0 Å². The van der Waals surface area contributed by atoms with Crippen molar-refractivity contribution in [2.75, 3.05) is 38.6 Å². The van der Waals surface area contributed by atoms with Crippen LogP contribution in [0.5, 0.6) is 5.75 Å². The third-order valence-electron chi connectivity index (χ3n) is 5.14. The third-order valence-corrected chi connectivity index (χ3v) is 5.37. The van der Waals surface area contributed by atoms with Gasteiger partial charge in [-0.25, -0.2) is 0 Å². The summed E-state index contributed by atoms with van der Waals surface area (Å²) in [5.41, 5.74) is 7.91. The van der Waals surface area contributed by atoms with Gasteiger partial charge in [-0.05, 0) is 36.2 Å². The van der Waals surface area contributed by atoms with Crippen molar-refractivity contribution in [2.45, 2.75) is 12.3 Å². The summed E-state index contributed by atoms with van der Waals surface area (Å²) in [6, 6.07) is 15.7. The van der Waals surface area contributed by atoms with Crippen LogP contribution >= 0.6 is 11.6 Å². The molecule has 0 radical (unpaired) electrons. The van der Waals surface area contributed by atoms with E-state index >= 15 is 0 Å². The monoisotopic (exact) mass is 387 g/mol. The summed E-state index contributed by atoms with van der Waals surface area (Å²) in [6.07, 6.45) is 0.411. The van der Waals surface area contributed by atoms with Crippen LogP contribution in [-0.4, -0.2) is 44.1 Å². The first-order valence-corrected chi connectivity index (χ1v) is 9.59. The zero-order valence-electron chi connectivity index (χ0n) is 15.5. The van der Waals surface area contributed by atoms with Crippen LogP contribution in [0.2, 0.25) is 5.02 Å². The van der Waals surface area contributed by atoms with E-state index in [9.17, 15) is 4.79 Å². The molecule has 1 aliphatic rings. The standard InChI is InChI=1S/C21H26ClN3O2/c1-27-20-8-7-17(22)11-19(20)24-21(26)9-10-25-13-16(12-23)18(14-25)15-5-3-2-4-6-15/h2-8,11,16,18H,9-10,12-14,23H2,1H3,(H,24,26)/t16-,18+/m1/s1. The molecule has 0 saturated carbocycles. The number of carbonyl (C=O) groups is 1. The van der Waals surface area contributed by atoms with Crippen molar-refractivity contribution in [3.8, 4) is 5.75 Å². The number of nitrogens with zero attached hydrogens (tertiary/aromatic N) is 1. The first kappa shape index (κ1) is 19.7. The molecule has 144 valence electrons. The Morgan fingerprint density at radius 1 is 1.26 bits per heavy atom. The zero-order valence-corrected chi connectivity index (χ0v) is 16.3. The van der Waals surface area contributed by atoms with Crippen LogP contribution in [0.3, 0.4) is 0 Å². The minimum absolute atomic E-state index is 0.0528. The molecule has 1 aliphatic heterocycles. The molecule has 6 heteroatoms. The van der Waals surface area contributed by atoms with Gasteiger partial charge in [0, 0.05) is 37.0 Å². The van der Waals surface area contributed by atoms with E-state index in [1.54, 1.807) is 25.3 Å². The van der Waals surface area contributed by atoms with Gasteiger partial charge in [0.15, 0.2) is 0 Å². The van der Waals surface area contributed by atoms with Crippen molar-refractivity contribution in [1.29, 1.82) is 0 Å². The van der Waals surface area contributed by atoms with E-state index in [1.807, 2.05) is 6.07 Å². The van der Waals surface area contributed by atoms with E-state index in [-0.39, 0.29) is 5.91 Å². The van der Waals surface area contributed by atoms with Gasteiger partial charge in [0.1, 0.15) is 5.75 Å². The lowest BCUT2D eigenvalue weighted by Crippen LogP contribution is -2.27. The molecule has 1 saturated heterocycles. The number of anilines is 1. The lowest BCUT2D eigenvalue weighted by Gasteiger charge is -2.17. The van der Waals surface area contributed by atoms with Gasteiger partial charge in [-0.15, -0.1) is 0 Å². The van der Waals surface area contributed by atoms with E-state index in [0.29, 0.717) is 47.8 Å². The lowest BCUT2D eigenvalue weighted by molar-refractivity contribution is -0.116. The fourth-order valence-corrected chi connectivity index (χ4v) is 3.88. The number of halogens is 1. The number of likely N-dealkylation sites (tertiary alicyclic amines) is 1. The summed E-state index contributed by atoms with van der Waals surface area (Å²) in [7, 11) is 1.57. The van der Waals surface area contributed by atoms with Crippen LogP contribution in [0, 0.1) is 5.92 Å². The van der Waals surface area contributed by atoms with Gasteiger partial charge in [0.05, 0.1) is 12.8 Å². The molecule has 27 heavy (non-hydrogen) atoms. The van der Waals surface area contributed by atoms with Crippen LogP contribution in [0.1, 0.15) is 17.9 Å². The summed E-state index contributed by atoms with van der Waals surface area (Å²) >= 11 is 6.02. The molecular formula is C21H26ClN3O2. The normalized spacial score (nSPS) is 19.8. The SMILES string of the molecule is COc1ccc(Cl)cc1NC(=O)CCN1C[C@@H](CN)[C@H](c2ccccc2)C1. The highest BCUT2D eigenvalue weighted by Gasteiger charge is 2.32. The predicted octanol–water partition coefficient (Wildman–Crippen LogP) is 3.35. The Balaban J connectivity index is 1.56. The number of amides is 1. The summed E-state index contributed by atoms with van der Waals surface area (Å²) in [6.45, 7) is 3.21. The Morgan fingerprint density at radius 3 is 2.74 bits per heavy atom. The second kappa shape index (κ2) is 9.22. The average Bonchev–Trinajstić information content (AvgIpc) is 3.11. The van der Waals surface area contributed by atoms with E-state index in [1.165, 1.54) is 5.56 Å². The Morgan fingerprint density at radius 2 is 2.04 bits per heavy atom. The number of rotatable bonds is 7. The maximum absolute atomic E-state index is 12.4. The Hall–Kier alpha value is -2.08. The van der Waals surface area contributed by atoms with E-state index < -0.39 is 0 Å². The molecule has 0 aromatic heterocycles. The number of benzene rings is 2. The smallest absolute Gasteiger partial charge is 0.225 e. The molecule has 3 rings (SSSR count). The minimum atomic E-state index is -0.0528. The predicted molar refractivity (Wildman–Crippen MR) is 109 cm³/mol. The molecule has 1 fully saturated rings. The van der Waals surface area contributed by atoms with Crippen LogP contribution in [0.4, 0.5) is 5.69 Å². The molecule has 3 N–H and O–H groups in total. The van der Waals surface area contributed by atoms with E-state index in [0.717, 1.165) is 13.1 Å². The number of methoxy groups -OCH3 is 1. The van der Waals surface area contributed by atoms with Crippen molar-refractivity contribution in [2.24, 2.45) is 11.7 Å². The average molecular weight is 388 g/mol. The second-order valence-electron chi connectivity index (χ2n) is 6.92. The highest BCUT2D eigenvalue weighted by atomic mass is 35.5. The molecule has 5 nitrogen and oxygen atoms in total. The number of hydrogen-bond donors (Lipinski definition) is 2. The van der Waals surface area contributed by atoms with Crippen LogP contribution in [0.15, 0.2) is 48.5 Å². The second-order valence-corrected chi connectivity index (χ2v) is 7.35. The number of hydrogen-bond acceptors (Lipinski definition) is 4. The van der Waals surface area contributed by atoms with E-state index in [4.69, 9.17) is 22.1 Å². The first-order valence-electron chi connectivity index (χ1n) is 9.21. The Kier molecular flexibility index (Phi) is 6.72. The molecule has 1 amide bonds. The van der Waals surface area contributed by atoms with Gasteiger partial charge in [0.25, 0.3) is 0 Å². The maximum atomic E-state index is 12.4. The molecule has 0 aliphatic carbocycles. The fourth-order valence-electron chi connectivity index (χ4n) is 3.71. The van der Waals surface area contributed by atoms with Crippen molar-refractivity contribution in [1.82, 2.24) is 4.90 Å².